The van der Waals surface area contributed by atoms with Gasteiger partial charge in [-0.3, -0.25) is 4.79 Å². The molecule has 3 aromatic rings. The molecular weight excluding hydrogens is 535 g/mol. The first kappa shape index (κ1) is 22.5. The molecule has 11 heteroatoms. The van der Waals surface area contributed by atoms with E-state index in [4.69, 9.17) is 27.5 Å². The van der Waals surface area contributed by atoms with E-state index in [2.05, 4.69) is 54.4 Å². The van der Waals surface area contributed by atoms with Crippen molar-refractivity contribution in [2.75, 3.05) is 13.7 Å². The van der Waals surface area contributed by atoms with Crippen molar-refractivity contribution in [1.29, 1.82) is 0 Å². The van der Waals surface area contributed by atoms with Gasteiger partial charge in [-0.15, -0.1) is 16.6 Å². The lowest BCUT2D eigenvalue weighted by molar-refractivity contribution is -0.122. The quantitative estimate of drug-likeness (QED) is 0.200. The minimum atomic E-state index is -0.421. The van der Waals surface area contributed by atoms with Crippen molar-refractivity contribution < 1.29 is 14.3 Å². The Bertz CT molecular complexity index is 1160. The van der Waals surface area contributed by atoms with Crippen LogP contribution in [-0.4, -0.2) is 46.0 Å². The van der Waals surface area contributed by atoms with Gasteiger partial charge in [0.1, 0.15) is 13.2 Å². The number of nitrogens with one attached hydrogen (secondary N) is 1. The van der Waals surface area contributed by atoms with Gasteiger partial charge in [-0.05, 0) is 57.6 Å². The molecule has 158 valence electrons. The highest BCUT2D eigenvalue weighted by molar-refractivity contribution is 14.1. The van der Waals surface area contributed by atoms with Crippen molar-refractivity contribution in [2.24, 2.45) is 5.10 Å². The molecule has 0 aliphatic carbocycles. The predicted octanol–water partition coefficient (Wildman–Crippen LogP) is 2.77. The average molecular weight is 551 g/mol. The summed E-state index contributed by atoms with van der Waals surface area (Å²) in [5, 5.41) is 16.4. The topological polar surface area (TPSA) is 104 Å². The van der Waals surface area contributed by atoms with Crippen LogP contribution in [0.25, 0.3) is 11.4 Å². The van der Waals surface area contributed by atoms with Crippen LogP contribution in [0.1, 0.15) is 5.56 Å². The van der Waals surface area contributed by atoms with E-state index in [1.807, 2.05) is 12.1 Å². The van der Waals surface area contributed by atoms with Crippen LogP contribution in [0.3, 0.4) is 0 Å². The largest absolute Gasteiger partial charge is 0.493 e. The molecule has 0 spiro atoms. The number of hydrogen-bond acceptors (Lipinski definition) is 7. The SMILES string of the molecule is C#CCOc1c(I)cc(/C=N\NC(=O)Cn2nnc(-c3ccccc3Cl)n2)cc1OC. The van der Waals surface area contributed by atoms with E-state index in [9.17, 15) is 4.79 Å². The molecule has 1 amide bonds. The zero-order valence-corrected chi connectivity index (χ0v) is 19.2. The molecule has 9 nitrogen and oxygen atoms in total. The van der Waals surface area contributed by atoms with Crippen molar-refractivity contribution in [3.63, 3.8) is 0 Å². The first-order valence-electron chi connectivity index (χ1n) is 8.80. The van der Waals surface area contributed by atoms with Gasteiger partial charge in [-0.2, -0.15) is 9.90 Å². The molecule has 0 unspecified atom stereocenters. The van der Waals surface area contributed by atoms with Crippen LogP contribution in [0, 0.1) is 15.9 Å². The standard InChI is InChI=1S/C20H16ClIN6O3/c1-3-8-31-19-16(22)9-13(10-17(19)30-2)11-23-24-18(29)12-28-26-20(25-27-28)14-6-4-5-7-15(14)21/h1,4-7,9-11H,8,12H2,2H3,(H,24,29)/b23-11-. The smallest absolute Gasteiger partial charge is 0.263 e. The van der Waals surface area contributed by atoms with Crippen molar-refractivity contribution in [1.82, 2.24) is 25.6 Å². The van der Waals surface area contributed by atoms with Gasteiger partial charge in [0.25, 0.3) is 5.91 Å². The number of nitrogens with zero attached hydrogens (tertiary/aromatic N) is 5. The zero-order chi connectivity index (χ0) is 22.2. The number of hydrazone groups is 1. The number of aromatic nitrogens is 4. The van der Waals surface area contributed by atoms with Gasteiger partial charge in [-0.1, -0.05) is 29.7 Å². The summed E-state index contributed by atoms with van der Waals surface area (Å²) in [6.45, 7) is -0.0289. The third-order valence-corrected chi connectivity index (χ3v) is 4.94. The number of terminal acetylenes is 1. The maximum atomic E-state index is 12.1. The van der Waals surface area contributed by atoms with E-state index in [-0.39, 0.29) is 13.2 Å². The third-order valence-electron chi connectivity index (χ3n) is 3.81. The van der Waals surface area contributed by atoms with Crippen LogP contribution in [0.5, 0.6) is 11.5 Å². The number of carbonyl (C=O) groups excluding carboxylic acids is 1. The highest BCUT2D eigenvalue weighted by atomic mass is 127. The Morgan fingerprint density at radius 1 is 1.42 bits per heavy atom. The fraction of sp³-hybridized carbons (Fsp3) is 0.150. The number of amides is 1. The summed E-state index contributed by atoms with van der Waals surface area (Å²) in [4.78, 5) is 13.3. The molecule has 31 heavy (non-hydrogen) atoms. The summed E-state index contributed by atoms with van der Waals surface area (Å²) < 4.78 is 11.6. The first-order chi connectivity index (χ1) is 15.0. The molecule has 0 saturated carbocycles. The molecule has 0 fully saturated rings. The van der Waals surface area contributed by atoms with E-state index in [0.29, 0.717) is 33.5 Å². The summed E-state index contributed by atoms with van der Waals surface area (Å²) >= 11 is 8.23. The summed E-state index contributed by atoms with van der Waals surface area (Å²) in [5.41, 5.74) is 3.76. The Balaban J connectivity index is 1.62. The van der Waals surface area contributed by atoms with E-state index in [1.54, 1.807) is 24.3 Å². The Morgan fingerprint density at radius 3 is 2.97 bits per heavy atom. The monoisotopic (exact) mass is 550 g/mol. The number of carbonyl (C=O) groups is 1. The second-order valence-corrected chi connectivity index (χ2v) is 7.51. The van der Waals surface area contributed by atoms with Gasteiger partial charge in [0.05, 0.1) is 21.9 Å². The fourth-order valence-electron chi connectivity index (χ4n) is 2.47. The van der Waals surface area contributed by atoms with Crippen molar-refractivity contribution in [2.45, 2.75) is 6.54 Å². The normalized spacial score (nSPS) is 10.6. The minimum absolute atomic E-state index is 0.129. The molecule has 1 aromatic heterocycles. The molecule has 0 atom stereocenters. The van der Waals surface area contributed by atoms with E-state index in [1.165, 1.54) is 13.3 Å². The average Bonchev–Trinajstić information content (AvgIpc) is 3.21. The number of methoxy groups -OCH3 is 1. The number of halogens is 2. The highest BCUT2D eigenvalue weighted by Gasteiger charge is 2.12. The van der Waals surface area contributed by atoms with Gasteiger partial charge in [0, 0.05) is 5.56 Å². The lowest BCUT2D eigenvalue weighted by atomic mass is 10.2. The van der Waals surface area contributed by atoms with E-state index >= 15 is 0 Å². The predicted molar refractivity (Wildman–Crippen MR) is 124 cm³/mol. The number of tetrazole rings is 1. The lowest BCUT2D eigenvalue weighted by Crippen LogP contribution is -2.24. The molecule has 1 N–H and O–H groups in total. The van der Waals surface area contributed by atoms with Gasteiger partial charge < -0.3 is 9.47 Å². The molecule has 0 aliphatic rings. The minimum Gasteiger partial charge on any atom is -0.493 e. The van der Waals surface area contributed by atoms with E-state index in [0.717, 1.165) is 8.37 Å². The van der Waals surface area contributed by atoms with Gasteiger partial charge >= 0.3 is 0 Å². The first-order valence-corrected chi connectivity index (χ1v) is 10.3. The second-order valence-electron chi connectivity index (χ2n) is 5.94. The number of benzene rings is 2. The Labute approximate surface area is 196 Å². The third kappa shape index (κ3) is 5.93. The van der Waals surface area contributed by atoms with Crippen molar-refractivity contribution in [3.8, 4) is 35.2 Å². The van der Waals surface area contributed by atoms with Crippen LogP contribution in [0.2, 0.25) is 5.02 Å². The van der Waals surface area contributed by atoms with Crippen LogP contribution in [0.4, 0.5) is 0 Å². The summed E-state index contributed by atoms with van der Waals surface area (Å²) in [5.74, 6) is 3.38. The Hall–Kier alpha value is -3.17. The fourth-order valence-corrected chi connectivity index (χ4v) is 3.47. The number of ether oxygens (including phenoxy) is 2. The molecule has 1 heterocycles. The lowest BCUT2D eigenvalue weighted by Gasteiger charge is -2.11. The van der Waals surface area contributed by atoms with Crippen LogP contribution < -0.4 is 14.9 Å². The van der Waals surface area contributed by atoms with Crippen LogP contribution >= 0.6 is 34.2 Å². The summed E-state index contributed by atoms with van der Waals surface area (Å²) in [6, 6.07) is 10.6. The Morgan fingerprint density at radius 2 is 2.23 bits per heavy atom. The molecule has 0 bridgehead atoms. The maximum Gasteiger partial charge on any atom is 0.263 e. The van der Waals surface area contributed by atoms with Gasteiger partial charge in [-0.25, -0.2) is 5.43 Å². The molecular formula is C20H16ClIN6O3. The molecule has 0 saturated heterocycles. The van der Waals surface area contributed by atoms with Gasteiger partial charge in [0.2, 0.25) is 5.82 Å². The summed E-state index contributed by atoms with van der Waals surface area (Å²) in [6.07, 6.45) is 6.72. The number of rotatable bonds is 8. The van der Waals surface area contributed by atoms with Crippen molar-refractivity contribution in [3.05, 3.63) is 50.6 Å². The molecule has 2 aromatic carbocycles. The maximum absolute atomic E-state index is 12.1. The summed E-state index contributed by atoms with van der Waals surface area (Å²) in [7, 11) is 1.53. The highest BCUT2D eigenvalue weighted by Crippen LogP contribution is 2.33. The van der Waals surface area contributed by atoms with Crippen LogP contribution in [-0.2, 0) is 11.3 Å². The van der Waals surface area contributed by atoms with Crippen molar-refractivity contribution >= 4 is 46.3 Å². The van der Waals surface area contributed by atoms with E-state index < -0.39 is 5.91 Å². The molecule has 0 radical (unpaired) electrons. The van der Waals surface area contributed by atoms with Gasteiger partial charge in [0.15, 0.2) is 11.5 Å². The zero-order valence-electron chi connectivity index (χ0n) is 16.2. The molecule has 3 rings (SSSR count). The second kappa shape index (κ2) is 10.7. The van der Waals surface area contributed by atoms with Crippen LogP contribution in [0.15, 0.2) is 41.5 Å². The molecule has 0 aliphatic heterocycles. The number of hydrogen-bond donors (Lipinski definition) is 1. The Kier molecular flexibility index (Phi) is 7.80.